The molecular weight excluding hydrogens is 1010 g/mol. The van der Waals surface area contributed by atoms with Crippen LogP contribution in [-0.4, -0.2) is 0 Å². The number of fused-ring (bicyclic) bond motifs is 6. The summed E-state index contributed by atoms with van der Waals surface area (Å²) in [5.74, 6) is 0.719. The van der Waals surface area contributed by atoms with Gasteiger partial charge < -0.3 is 0 Å². The molecule has 2 unspecified atom stereocenters. The summed E-state index contributed by atoms with van der Waals surface area (Å²) in [7, 11) is 0. The molecule has 0 saturated heterocycles. The number of benzene rings is 7. The van der Waals surface area contributed by atoms with Crippen LogP contribution in [-0.2, 0) is 0 Å². The van der Waals surface area contributed by atoms with Gasteiger partial charge in [-0.05, 0) is 255 Å². The molecule has 84 heavy (non-hydrogen) atoms. The van der Waals surface area contributed by atoms with Crippen molar-refractivity contribution in [3.8, 4) is 11.1 Å². The van der Waals surface area contributed by atoms with Crippen LogP contribution in [0.1, 0.15) is 125 Å². The van der Waals surface area contributed by atoms with Gasteiger partial charge in [0, 0.05) is 11.8 Å². The lowest BCUT2D eigenvalue weighted by Gasteiger charge is -2.27. The van der Waals surface area contributed by atoms with Gasteiger partial charge in [0.15, 0.2) is 0 Å². The van der Waals surface area contributed by atoms with Crippen molar-refractivity contribution in [2.45, 2.75) is 103 Å². The van der Waals surface area contributed by atoms with E-state index in [1.165, 1.54) is 152 Å². The number of allylic oxidation sites excluding steroid dienone is 20. The fourth-order valence-corrected chi connectivity index (χ4v) is 16.2. The van der Waals surface area contributed by atoms with E-state index in [0.717, 1.165) is 103 Å². The molecule has 0 radical (unpaired) electrons. The van der Waals surface area contributed by atoms with Crippen LogP contribution in [0.3, 0.4) is 0 Å². The molecule has 0 nitrogen and oxygen atoms in total. The molecule has 2 atom stereocenters. The van der Waals surface area contributed by atoms with E-state index in [2.05, 4.69) is 231 Å². The van der Waals surface area contributed by atoms with Gasteiger partial charge in [-0.15, -0.1) is 0 Å². The zero-order valence-corrected chi connectivity index (χ0v) is 48.4. The fraction of sp³-hybridized carbons (Fsp3) is 0.214. The van der Waals surface area contributed by atoms with Crippen LogP contribution in [0.4, 0.5) is 0 Å². The third-order valence-electron chi connectivity index (χ3n) is 20.2. The first-order valence-corrected chi connectivity index (χ1v) is 31.8. The Balaban J connectivity index is 0.904. The number of hydrogen-bond donors (Lipinski definition) is 0. The summed E-state index contributed by atoms with van der Waals surface area (Å²) in [6, 6.07) is 47.4. The minimum atomic E-state index is 0.349. The van der Waals surface area contributed by atoms with Crippen molar-refractivity contribution in [2.24, 2.45) is 11.8 Å². The third kappa shape index (κ3) is 8.95. The summed E-state index contributed by atoms with van der Waals surface area (Å²) in [6.45, 7) is 0. The van der Waals surface area contributed by atoms with E-state index in [-0.39, 0.29) is 0 Å². The Morgan fingerprint density at radius 2 is 0.714 bits per heavy atom. The summed E-state index contributed by atoms with van der Waals surface area (Å²) < 4.78 is 0. The summed E-state index contributed by atoms with van der Waals surface area (Å²) >= 11 is 0. The molecule has 16 rings (SSSR count). The topological polar surface area (TPSA) is 0 Å². The zero-order chi connectivity index (χ0) is 55.5. The van der Waals surface area contributed by atoms with Gasteiger partial charge in [-0.25, -0.2) is 0 Å². The highest BCUT2D eigenvalue weighted by atomic mass is 14.3. The molecule has 0 aromatic heterocycles. The molecule has 9 aliphatic rings. The molecule has 0 aliphatic heterocycles. The second-order valence-electron chi connectivity index (χ2n) is 24.8. The van der Waals surface area contributed by atoms with Gasteiger partial charge >= 0.3 is 0 Å². The lowest BCUT2D eigenvalue weighted by atomic mass is 9.76. The Labute approximate surface area is 494 Å². The van der Waals surface area contributed by atoms with Crippen molar-refractivity contribution in [1.82, 2.24) is 0 Å². The molecular formula is C84H72. The summed E-state index contributed by atoms with van der Waals surface area (Å²) in [4.78, 5) is 0. The van der Waals surface area contributed by atoms with Crippen molar-refractivity contribution in [2.75, 3.05) is 0 Å². The van der Waals surface area contributed by atoms with Crippen LogP contribution in [0.2, 0.25) is 0 Å². The Bertz CT molecular complexity index is 4860. The summed E-state index contributed by atoms with van der Waals surface area (Å²) in [5, 5.41) is 16.8. The van der Waals surface area contributed by atoms with Crippen LogP contribution in [0.25, 0.3) is 90.4 Å². The second-order valence-corrected chi connectivity index (χ2v) is 24.8. The Hall–Kier alpha value is -8.58. The van der Waals surface area contributed by atoms with E-state index in [1.807, 2.05) is 0 Å². The first kappa shape index (κ1) is 51.1. The van der Waals surface area contributed by atoms with Crippen molar-refractivity contribution in [3.63, 3.8) is 0 Å². The monoisotopic (exact) mass is 1080 g/mol. The van der Waals surface area contributed by atoms with E-state index in [4.69, 9.17) is 0 Å². The predicted molar refractivity (Wildman–Crippen MR) is 359 cm³/mol. The largest absolute Gasteiger partial charge is 0.0842 e. The minimum Gasteiger partial charge on any atom is -0.0842 e. The summed E-state index contributed by atoms with van der Waals surface area (Å²) in [6.07, 6.45) is 61.1. The quantitative estimate of drug-likeness (QED) is 0.135. The molecule has 0 bridgehead atoms. The highest BCUT2D eigenvalue weighted by molar-refractivity contribution is 6.06. The van der Waals surface area contributed by atoms with Gasteiger partial charge in [0.25, 0.3) is 0 Å². The van der Waals surface area contributed by atoms with Gasteiger partial charge in [-0.3, -0.25) is 0 Å². The fourth-order valence-electron chi connectivity index (χ4n) is 16.2. The van der Waals surface area contributed by atoms with Crippen molar-refractivity contribution in [3.05, 3.63) is 293 Å². The maximum absolute atomic E-state index is 2.69. The Kier molecular flexibility index (Phi) is 13.3. The number of rotatable bonds is 9. The van der Waals surface area contributed by atoms with Crippen LogP contribution in [0.15, 0.2) is 229 Å². The van der Waals surface area contributed by atoms with Gasteiger partial charge in [-0.1, -0.05) is 231 Å². The molecule has 0 fully saturated rings. The van der Waals surface area contributed by atoms with Crippen LogP contribution in [0, 0.1) is 11.8 Å². The average molecular weight is 1080 g/mol. The maximum atomic E-state index is 2.69. The maximum Gasteiger partial charge on any atom is 0.00589 e. The van der Waals surface area contributed by atoms with Crippen molar-refractivity contribution >= 4 is 79.3 Å². The van der Waals surface area contributed by atoms with Crippen molar-refractivity contribution in [1.29, 1.82) is 0 Å². The summed E-state index contributed by atoms with van der Waals surface area (Å²) in [5.41, 5.74) is 23.3. The first-order chi connectivity index (χ1) is 41.7. The normalized spacial score (nSPS) is 20.6. The molecule has 0 saturated carbocycles. The lowest BCUT2D eigenvalue weighted by molar-refractivity contribution is 0.827. The Morgan fingerprint density at radius 3 is 1.20 bits per heavy atom. The molecule has 9 aliphatic carbocycles. The van der Waals surface area contributed by atoms with Gasteiger partial charge in [0.2, 0.25) is 0 Å². The lowest BCUT2D eigenvalue weighted by Crippen LogP contribution is -2.41. The Morgan fingerprint density at radius 1 is 0.286 bits per heavy atom. The molecule has 0 amide bonds. The molecule has 0 N–H and O–H groups in total. The highest BCUT2D eigenvalue weighted by Gasteiger charge is 2.28. The highest BCUT2D eigenvalue weighted by Crippen LogP contribution is 2.40. The molecule has 0 heterocycles. The van der Waals surface area contributed by atoms with Gasteiger partial charge in [-0.2, -0.15) is 0 Å². The average Bonchev–Trinajstić information content (AvgIpc) is 1.33. The van der Waals surface area contributed by atoms with E-state index in [1.54, 1.807) is 0 Å². The standard InChI is InChI=1S/C84H72/c1-5-21-55(22-6-1)59-37-41-61(42-38-59)81-71-33-17-19-35-73(71)83(77-47-45-63(53-79(77)81)57-25-9-3-10-26-57)75-51-49-69(65-29-13-15-31-67(65)75)70-50-52-76(68-32-16-14-30-66(68)70)84-74-36-20-18-34-72(74)82(62-43-39-60(40-44-62)56-23-7-2-8-24-56)80-54-64(46-48-78(80)84)58-27-11-4-12-28-58/h1-2,5,7,9,11,13-21,23,25-39,41-43,47-48,53-54,63-64H,3-4,6,8,10,12,22,24,40,44-46,49-52H2. The van der Waals surface area contributed by atoms with Crippen LogP contribution >= 0.6 is 0 Å². The number of hydrogen-bond acceptors (Lipinski definition) is 0. The van der Waals surface area contributed by atoms with E-state index in [9.17, 15) is 0 Å². The van der Waals surface area contributed by atoms with Crippen LogP contribution in [0.5, 0.6) is 0 Å². The molecule has 0 spiro atoms. The smallest absolute Gasteiger partial charge is 0.00589 e. The van der Waals surface area contributed by atoms with E-state index >= 15 is 0 Å². The predicted octanol–water partition coefficient (Wildman–Crippen LogP) is 15.5. The molecule has 408 valence electrons. The van der Waals surface area contributed by atoms with Crippen molar-refractivity contribution < 1.29 is 0 Å². The SMILES string of the molecule is C1=CCCC(C2=CC=C(c3c4c(c(C5=c6ccccc6=C(C6=c7ccccc7=C(c7c8c(c(-c9ccc(C%10=CC=CCC%10)cc9)c9ccccc79)=CC(C7=CCCC=C7)CC=8)CC6)CC5)c5ccccc35)=CCC(C3=CCCC=C3)C=4)CC2)=C1. The van der Waals surface area contributed by atoms with Crippen LogP contribution < -0.4 is 41.7 Å². The zero-order valence-electron chi connectivity index (χ0n) is 48.4. The van der Waals surface area contributed by atoms with E-state index < -0.39 is 0 Å². The van der Waals surface area contributed by atoms with Gasteiger partial charge in [0.05, 0.1) is 0 Å². The first-order valence-electron chi connectivity index (χ1n) is 31.8. The molecule has 7 aromatic rings. The minimum absolute atomic E-state index is 0.349. The third-order valence-corrected chi connectivity index (χ3v) is 20.2. The molecule has 0 heteroatoms. The molecule has 7 aromatic carbocycles. The van der Waals surface area contributed by atoms with E-state index in [0.29, 0.717) is 11.8 Å². The van der Waals surface area contributed by atoms with Gasteiger partial charge in [0.1, 0.15) is 0 Å². The second kappa shape index (κ2) is 21.9.